The van der Waals surface area contributed by atoms with E-state index in [-0.39, 0.29) is 17.9 Å². The topological polar surface area (TPSA) is 38.3 Å². The number of carbonyl (C=O) groups is 1. The summed E-state index contributed by atoms with van der Waals surface area (Å²) < 4.78 is 31.1. The molecular formula is C10H11F2NO2S. The highest BCUT2D eigenvalue weighted by molar-refractivity contribution is 7.80. The molecule has 0 aliphatic heterocycles. The van der Waals surface area contributed by atoms with Crippen LogP contribution in [0.2, 0.25) is 0 Å². The molecule has 0 aromatic heterocycles. The van der Waals surface area contributed by atoms with Crippen LogP contribution in [0.4, 0.5) is 14.5 Å². The van der Waals surface area contributed by atoms with Crippen LogP contribution in [0.5, 0.6) is 5.75 Å². The number of anilines is 1. The minimum atomic E-state index is -0.745. The Morgan fingerprint density at radius 1 is 1.44 bits per heavy atom. The number of methoxy groups -OCH3 is 1. The van der Waals surface area contributed by atoms with E-state index in [4.69, 9.17) is 0 Å². The molecule has 1 amide bonds. The van der Waals surface area contributed by atoms with Gasteiger partial charge in [-0.3, -0.25) is 4.79 Å². The molecule has 1 N–H and O–H groups in total. The maximum absolute atomic E-state index is 13.3. The van der Waals surface area contributed by atoms with Crippen molar-refractivity contribution in [1.82, 2.24) is 0 Å². The van der Waals surface area contributed by atoms with Crippen molar-refractivity contribution >= 4 is 24.2 Å². The SMILES string of the molecule is COc1cc(F)c(NC(=O)CCS)cc1F. The van der Waals surface area contributed by atoms with Gasteiger partial charge < -0.3 is 10.1 Å². The second-order valence-corrected chi connectivity index (χ2v) is 3.44. The zero-order valence-electron chi connectivity index (χ0n) is 8.59. The zero-order valence-corrected chi connectivity index (χ0v) is 9.48. The molecule has 0 aliphatic carbocycles. The Morgan fingerprint density at radius 3 is 2.69 bits per heavy atom. The van der Waals surface area contributed by atoms with Crippen LogP contribution in [-0.2, 0) is 4.79 Å². The number of thiol groups is 1. The van der Waals surface area contributed by atoms with Crippen molar-refractivity contribution in [2.24, 2.45) is 0 Å². The fourth-order valence-corrected chi connectivity index (χ4v) is 1.30. The lowest BCUT2D eigenvalue weighted by molar-refractivity contribution is -0.115. The first-order valence-electron chi connectivity index (χ1n) is 4.52. The molecule has 88 valence electrons. The molecule has 6 heteroatoms. The highest BCUT2D eigenvalue weighted by Gasteiger charge is 2.12. The van der Waals surface area contributed by atoms with Gasteiger partial charge in [0.05, 0.1) is 12.8 Å². The number of rotatable bonds is 4. The Balaban J connectivity index is 2.89. The third-order valence-corrected chi connectivity index (χ3v) is 2.08. The molecule has 0 unspecified atom stereocenters. The highest BCUT2D eigenvalue weighted by Crippen LogP contribution is 2.24. The average molecular weight is 247 g/mol. The first-order valence-corrected chi connectivity index (χ1v) is 5.15. The summed E-state index contributed by atoms with van der Waals surface area (Å²) in [7, 11) is 1.23. The summed E-state index contributed by atoms with van der Waals surface area (Å²) in [5, 5.41) is 2.24. The molecule has 0 saturated carbocycles. The lowest BCUT2D eigenvalue weighted by Gasteiger charge is -2.08. The van der Waals surface area contributed by atoms with Crippen molar-refractivity contribution < 1.29 is 18.3 Å². The summed E-state index contributed by atoms with van der Waals surface area (Å²) in [4.78, 5) is 11.2. The van der Waals surface area contributed by atoms with Gasteiger partial charge in [-0.1, -0.05) is 0 Å². The van der Waals surface area contributed by atoms with Crippen LogP contribution < -0.4 is 10.1 Å². The van der Waals surface area contributed by atoms with Gasteiger partial charge in [-0.05, 0) is 5.75 Å². The van der Waals surface area contributed by atoms with Crippen LogP contribution >= 0.6 is 12.6 Å². The molecule has 1 aromatic rings. The lowest BCUT2D eigenvalue weighted by Crippen LogP contribution is -2.13. The number of carbonyl (C=O) groups excluding carboxylic acids is 1. The molecular weight excluding hydrogens is 236 g/mol. The Hall–Kier alpha value is -1.30. The van der Waals surface area contributed by atoms with E-state index < -0.39 is 17.5 Å². The van der Waals surface area contributed by atoms with Gasteiger partial charge in [0.2, 0.25) is 5.91 Å². The Labute approximate surface area is 97.2 Å². The van der Waals surface area contributed by atoms with E-state index in [1.165, 1.54) is 7.11 Å². The van der Waals surface area contributed by atoms with Gasteiger partial charge in [0, 0.05) is 18.6 Å². The minimum Gasteiger partial charge on any atom is -0.494 e. The molecule has 16 heavy (non-hydrogen) atoms. The van der Waals surface area contributed by atoms with Gasteiger partial charge in [-0.25, -0.2) is 8.78 Å². The van der Waals surface area contributed by atoms with Crippen LogP contribution in [0.15, 0.2) is 12.1 Å². The molecule has 0 aliphatic rings. The average Bonchev–Trinajstić information content (AvgIpc) is 2.23. The van der Waals surface area contributed by atoms with Crippen molar-refractivity contribution in [1.29, 1.82) is 0 Å². The van der Waals surface area contributed by atoms with Crippen LogP contribution in [0, 0.1) is 11.6 Å². The van der Waals surface area contributed by atoms with E-state index in [1.807, 2.05) is 0 Å². The van der Waals surface area contributed by atoms with E-state index in [0.717, 1.165) is 12.1 Å². The molecule has 0 spiro atoms. The number of nitrogens with one attached hydrogen (secondary N) is 1. The summed E-state index contributed by atoms with van der Waals surface area (Å²) >= 11 is 3.86. The monoisotopic (exact) mass is 247 g/mol. The normalized spacial score (nSPS) is 10.0. The van der Waals surface area contributed by atoms with Gasteiger partial charge in [0.1, 0.15) is 0 Å². The van der Waals surface area contributed by atoms with Crippen LogP contribution in [0.3, 0.4) is 0 Å². The number of ether oxygens (including phenoxy) is 1. The van der Waals surface area contributed by atoms with Gasteiger partial charge in [-0.2, -0.15) is 12.6 Å². The quantitative estimate of drug-likeness (QED) is 0.801. The first-order chi connectivity index (χ1) is 7.58. The van der Waals surface area contributed by atoms with Gasteiger partial charge in [0.15, 0.2) is 17.4 Å². The fraction of sp³-hybridized carbons (Fsp3) is 0.300. The number of halogens is 2. The number of amides is 1. The van der Waals surface area contributed by atoms with Crippen molar-refractivity contribution in [3.05, 3.63) is 23.8 Å². The van der Waals surface area contributed by atoms with Crippen molar-refractivity contribution in [3.8, 4) is 5.75 Å². The van der Waals surface area contributed by atoms with E-state index in [0.29, 0.717) is 5.75 Å². The van der Waals surface area contributed by atoms with Crippen molar-refractivity contribution in [2.75, 3.05) is 18.2 Å². The first kappa shape index (κ1) is 12.8. The summed E-state index contributed by atoms with van der Waals surface area (Å²) in [6.45, 7) is 0. The summed E-state index contributed by atoms with van der Waals surface area (Å²) in [6, 6.07) is 1.76. The lowest BCUT2D eigenvalue weighted by atomic mass is 10.2. The second kappa shape index (κ2) is 5.69. The van der Waals surface area contributed by atoms with Gasteiger partial charge in [0.25, 0.3) is 0 Å². The largest absolute Gasteiger partial charge is 0.494 e. The van der Waals surface area contributed by atoms with Crippen molar-refractivity contribution in [2.45, 2.75) is 6.42 Å². The molecule has 0 heterocycles. The Morgan fingerprint density at radius 2 is 2.12 bits per heavy atom. The van der Waals surface area contributed by atoms with E-state index in [9.17, 15) is 13.6 Å². The third-order valence-electron chi connectivity index (χ3n) is 1.85. The molecule has 0 atom stereocenters. The number of benzene rings is 1. The smallest absolute Gasteiger partial charge is 0.225 e. The minimum absolute atomic E-state index is 0.135. The van der Waals surface area contributed by atoms with E-state index in [1.54, 1.807) is 0 Å². The molecule has 0 radical (unpaired) electrons. The molecule has 0 saturated heterocycles. The molecule has 0 fully saturated rings. The predicted octanol–water partition coefficient (Wildman–Crippen LogP) is 2.23. The third kappa shape index (κ3) is 3.10. The number of hydrogen-bond donors (Lipinski definition) is 2. The molecule has 0 bridgehead atoms. The Bertz CT molecular complexity index is 399. The maximum atomic E-state index is 13.3. The van der Waals surface area contributed by atoms with Gasteiger partial charge in [-0.15, -0.1) is 0 Å². The van der Waals surface area contributed by atoms with Gasteiger partial charge >= 0.3 is 0 Å². The molecule has 1 aromatic carbocycles. The van der Waals surface area contributed by atoms with Crippen LogP contribution in [0.1, 0.15) is 6.42 Å². The zero-order chi connectivity index (χ0) is 12.1. The molecule has 1 rings (SSSR count). The fourth-order valence-electron chi connectivity index (χ4n) is 1.10. The van der Waals surface area contributed by atoms with Crippen LogP contribution in [0.25, 0.3) is 0 Å². The molecule has 3 nitrogen and oxygen atoms in total. The summed E-state index contributed by atoms with van der Waals surface area (Å²) in [6.07, 6.45) is 0.135. The second-order valence-electron chi connectivity index (χ2n) is 2.99. The van der Waals surface area contributed by atoms with Crippen molar-refractivity contribution in [3.63, 3.8) is 0 Å². The summed E-state index contributed by atoms with van der Waals surface area (Å²) in [5.41, 5.74) is -0.204. The maximum Gasteiger partial charge on any atom is 0.225 e. The Kier molecular flexibility index (Phi) is 4.54. The predicted molar refractivity (Wildman–Crippen MR) is 60.0 cm³/mol. The van der Waals surface area contributed by atoms with E-state index >= 15 is 0 Å². The summed E-state index contributed by atoms with van der Waals surface area (Å²) in [5.74, 6) is -1.76. The van der Waals surface area contributed by atoms with E-state index in [2.05, 4.69) is 22.7 Å². The standard InChI is InChI=1S/C10H11F2NO2S/c1-15-9-5-6(11)8(4-7(9)12)13-10(14)2-3-16/h4-5,16H,2-3H2,1H3,(H,13,14). The number of hydrogen-bond acceptors (Lipinski definition) is 3. The highest BCUT2D eigenvalue weighted by atomic mass is 32.1. The van der Waals surface area contributed by atoms with Crippen LogP contribution in [-0.4, -0.2) is 18.8 Å².